The van der Waals surface area contributed by atoms with Crippen molar-refractivity contribution in [2.24, 2.45) is 4.99 Å². The maximum Gasteiger partial charge on any atom is 0.191 e. The first kappa shape index (κ1) is 21.7. The van der Waals surface area contributed by atoms with Gasteiger partial charge in [-0.2, -0.15) is 0 Å². The Bertz CT molecular complexity index is 595. The van der Waals surface area contributed by atoms with E-state index in [0.29, 0.717) is 18.0 Å². The van der Waals surface area contributed by atoms with E-state index < -0.39 is 0 Å². The molecule has 3 rings (SSSR count). The lowest BCUT2D eigenvalue weighted by atomic mass is 10.1. The fourth-order valence-corrected chi connectivity index (χ4v) is 3.51. The molecule has 5 nitrogen and oxygen atoms in total. The zero-order valence-corrected chi connectivity index (χ0v) is 18.7. The number of nitrogens with one attached hydrogen (secondary N) is 2. The molecule has 2 fully saturated rings. The summed E-state index contributed by atoms with van der Waals surface area (Å²) in [4.78, 5) is 7.25. The first-order valence-electron chi connectivity index (χ1n) is 9.29. The number of guanidine groups is 1. The van der Waals surface area contributed by atoms with E-state index in [0.717, 1.165) is 56.8 Å². The van der Waals surface area contributed by atoms with Crippen LogP contribution in [-0.4, -0.2) is 62.3 Å². The molecule has 1 aromatic carbocycles. The third-order valence-corrected chi connectivity index (χ3v) is 5.15. The number of aliphatic imine (C=N–C) groups is 1. The summed E-state index contributed by atoms with van der Waals surface area (Å²) in [6.45, 7) is 9.66. The zero-order chi connectivity index (χ0) is 17.6. The van der Waals surface area contributed by atoms with Gasteiger partial charge in [-0.25, -0.2) is 0 Å². The van der Waals surface area contributed by atoms with Crippen LogP contribution in [0.1, 0.15) is 31.7 Å². The molecule has 1 aliphatic carbocycles. The normalized spacial score (nSPS) is 24.5. The molecule has 0 spiro atoms. The number of halogens is 2. The fraction of sp³-hybridized carbons (Fsp3) is 0.632. The van der Waals surface area contributed by atoms with Crippen molar-refractivity contribution in [2.75, 3.05) is 39.4 Å². The second-order valence-corrected chi connectivity index (χ2v) is 7.30. The molecule has 1 heterocycles. The largest absolute Gasteiger partial charge is 0.379 e. The minimum atomic E-state index is 0. The predicted molar refractivity (Wildman–Crippen MR) is 119 cm³/mol. The van der Waals surface area contributed by atoms with Gasteiger partial charge in [0.25, 0.3) is 0 Å². The quantitative estimate of drug-likeness (QED) is 0.364. The Balaban J connectivity index is 0.00000243. The standard InChI is InChI=1S/C19H29ClN4O.HI/c1-3-21-19(22-13-14(2)24-7-9-25-10-8-24)23-18-12-17(18)15-5-4-6-16(20)11-15;/h4-6,11,14,17-18H,3,7-10,12-13H2,1-2H3,(H2,21,22,23);1H. The minimum Gasteiger partial charge on any atom is -0.379 e. The topological polar surface area (TPSA) is 48.9 Å². The van der Waals surface area contributed by atoms with Crippen LogP contribution in [0.2, 0.25) is 5.02 Å². The number of hydrogen-bond acceptors (Lipinski definition) is 3. The molecular formula is C19H30ClIN4O. The summed E-state index contributed by atoms with van der Waals surface area (Å²) in [5.74, 6) is 1.44. The van der Waals surface area contributed by atoms with Crippen LogP contribution >= 0.6 is 35.6 Å². The van der Waals surface area contributed by atoms with E-state index in [9.17, 15) is 0 Å². The molecule has 0 amide bonds. The summed E-state index contributed by atoms with van der Waals surface area (Å²) in [6, 6.07) is 9.05. The first-order valence-corrected chi connectivity index (χ1v) is 9.67. The molecule has 0 aromatic heterocycles. The van der Waals surface area contributed by atoms with Crippen molar-refractivity contribution < 1.29 is 4.74 Å². The van der Waals surface area contributed by atoms with Crippen molar-refractivity contribution in [3.8, 4) is 0 Å². The molecule has 1 aliphatic heterocycles. The number of nitrogens with zero attached hydrogens (tertiary/aromatic N) is 2. The molecule has 1 saturated carbocycles. The van der Waals surface area contributed by atoms with Crippen molar-refractivity contribution >= 4 is 41.5 Å². The number of ether oxygens (including phenoxy) is 1. The van der Waals surface area contributed by atoms with Crippen LogP contribution in [0, 0.1) is 0 Å². The molecule has 1 aromatic rings. The Morgan fingerprint density at radius 1 is 1.38 bits per heavy atom. The van der Waals surface area contributed by atoms with Crippen LogP contribution in [-0.2, 0) is 4.74 Å². The lowest BCUT2D eigenvalue weighted by molar-refractivity contribution is 0.0220. The van der Waals surface area contributed by atoms with E-state index in [1.54, 1.807) is 0 Å². The van der Waals surface area contributed by atoms with Crippen LogP contribution in [0.5, 0.6) is 0 Å². The Morgan fingerprint density at radius 2 is 2.15 bits per heavy atom. The number of hydrogen-bond donors (Lipinski definition) is 2. The molecule has 3 atom stereocenters. The molecule has 7 heteroatoms. The molecule has 1 saturated heterocycles. The minimum absolute atomic E-state index is 0. The van der Waals surface area contributed by atoms with E-state index in [1.165, 1.54) is 5.56 Å². The second kappa shape index (κ2) is 10.7. The van der Waals surface area contributed by atoms with Crippen molar-refractivity contribution in [3.63, 3.8) is 0 Å². The summed E-state index contributed by atoms with van der Waals surface area (Å²) >= 11 is 6.11. The van der Waals surface area contributed by atoms with E-state index in [1.807, 2.05) is 12.1 Å². The van der Waals surface area contributed by atoms with Crippen molar-refractivity contribution in [1.82, 2.24) is 15.5 Å². The Morgan fingerprint density at radius 3 is 2.85 bits per heavy atom. The van der Waals surface area contributed by atoms with E-state index >= 15 is 0 Å². The lowest BCUT2D eigenvalue weighted by Gasteiger charge is -2.31. The molecule has 26 heavy (non-hydrogen) atoms. The Labute approximate surface area is 178 Å². The highest BCUT2D eigenvalue weighted by atomic mass is 127. The monoisotopic (exact) mass is 492 g/mol. The molecule has 2 aliphatic rings. The zero-order valence-electron chi connectivity index (χ0n) is 15.6. The van der Waals surface area contributed by atoms with Gasteiger partial charge in [-0.05, 0) is 38.0 Å². The van der Waals surface area contributed by atoms with Gasteiger partial charge in [0.2, 0.25) is 0 Å². The maximum absolute atomic E-state index is 6.11. The molecule has 3 unspecified atom stereocenters. The Hall–Kier alpha value is -0.570. The average Bonchev–Trinajstić information content (AvgIpc) is 3.39. The highest BCUT2D eigenvalue weighted by Crippen LogP contribution is 2.41. The first-order chi connectivity index (χ1) is 12.2. The van der Waals surface area contributed by atoms with Gasteiger partial charge in [0.15, 0.2) is 5.96 Å². The Kier molecular flexibility index (Phi) is 8.93. The van der Waals surface area contributed by atoms with E-state index in [-0.39, 0.29) is 24.0 Å². The van der Waals surface area contributed by atoms with Gasteiger partial charge in [-0.15, -0.1) is 24.0 Å². The number of benzene rings is 1. The van der Waals surface area contributed by atoms with Crippen LogP contribution in [0.15, 0.2) is 29.3 Å². The van der Waals surface area contributed by atoms with Gasteiger partial charge in [0.05, 0.1) is 19.8 Å². The smallest absolute Gasteiger partial charge is 0.191 e. The lowest BCUT2D eigenvalue weighted by Crippen LogP contribution is -2.44. The van der Waals surface area contributed by atoms with Crippen LogP contribution in [0.3, 0.4) is 0 Å². The molecule has 0 bridgehead atoms. The van der Waals surface area contributed by atoms with Crippen molar-refractivity contribution in [1.29, 1.82) is 0 Å². The summed E-state index contributed by atoms with van der Waals surface area (Å²) in [6.07, 6.45) is 1.13. The maximum atomic E-state index is 6.11. The van der Waals surface area contributed by atoms with Gasteiger partial charge in [0.1, 0.15) is 0 Å². The van der Waals surface area contributed by atoms with Gasteiger partial charge >= 0.3 is 0 Å². The van der Waals surface area contributed by atoms with Crippen LogP contribution in [0.25, 0.3) is 0 Å². The predicted octanol–water partition coefficient (Wildman–Crippen LogP) is 3.09. The van der Waals surface area contributed by atoms with E-state index in [4.69, 9.17) is 21.3 Å². The highest BCUT2D eigenvalue weighted by molar-refractivity contribution is 14.0. The summed E-state index contributed by atoms with van der Waals surface area (Å²) < 4.78 is 5.43. The number of morpholine rings is 1. The van der Waals surface area contributed by atoms with Crippen LogP contribution in [0.4, 0.5) is 0 Å². The second-order valence-electron chi connectivity index (χ2n) is 6.87. The van der Waals surface area contributed by atoms with Gasteiger partial charge in [-0.3, -0.25) is 9.89 Å². The molecule has 2 N–H and O–H groups in total. The fourth-order valence-electron chi connectivity index (χ4n) is 3.31. The summed E-state index contributed by atoms with van der Waals surface area (Å²) in [5, 5.41) is 7.74. The van der Waals surface area contributed by atoms with Crippen molar-refractivity contribution in [2.45, 2.75) is 38.3 Å². The van der Waals surface area contributed by atoms with E-state index in [2.05, 4.69) is 41.5 Å². The van der Waals surface area contributed by atoms with Gasteiger partial charge in [0, 0.05) is 42.7 Å². The third kappa shape index (κ3) is 6.25. The van der Waals surface area contributed by atoms with Gasteiger partial charge < -0.3 is 15.4 Å². The highest BCUT2D eigenvalue weighted by Gasteiger charge is 2.39. The summed E-state index contributed by atoms with van der Waals surface area (Å²) in [7, 11) is 0. The molecule has 146 valence electrons. The average molecular weight is 493 g/mol. The van der Waals surface area contributed by atoms with Crippen molar-refractivity contribution in [3.05, 3.63) is 34.9 Å². The van der Waals surface area contributed by atoms with Gasteiger partial charge in [-0.1, -0.05) is 23.7 Å². The third-order valence-electron chi connectivity index (χ3n) is 4.92. The number of rotatable bonds is 6. The van der Waals surface area contributed by atoms with Crippen LogP contribution < -0.4 is 10.6 Å². The SMILES string of the molecule is CCNC(=NCC(C)N1CCOCC1)NC1CC1c1cccc(Cl)c1.I. The molecule has 0 radical (unpaired) electrons. The summed E-state index contributed by atoms with van der Waals surface area (Å²) in [5.41, 5.74) is 1.31. The molecular weight excluding hydrogens is 463 g/mol.